The van der Waals surface area contributed by atoms with Crippen LogP contribution in [0.4, 0.5) is 4.39 Å². The first-order chi connectivity index (χ1) is 8.65. The fourth-order valence-corrected chi connectivity index (χ4v) is 2.02. The first kappa shape index (κ1) is 11.4. The molecule has 0 aliphatic carbocycles. The topological polar surface area (TPSA) is 54.5 Å². The van der Waals surface area contributed by atoms with Crippen LogP contribution in [0.15, 0.2) is 24.4 Å². The Morgan fingerprint density at radius 1 is 1.17 bits per heavy atom. The van der Waals surface area contributed by atoms with E-state index in [-0.39, 0.29) is 5.28 Å². The van der Waals surface area contributed by atoms with Gasteiger partial charge in [0.15, 0.2) is 5.65 Å². The molecule has 1 N–H and O–H groups in total. The fraction of sp³-hybridized carbons (Fsp3) is 0. The number of H-pyrrole nitrogens is 1. The summed E-state index contributed by atoms with van der Waals surface area (Å²) in [6.07, 6.45) is 1.52. The minimum absolute atomic E-state index is 0.0242. The Kier molecular flexibility index (Phi) is 2.65. The van der Waals surface area contributed by atoms with Crippen molar-refractivity contribution in [2.75, 3.05) is 0 Å². The standard InChI is InChI=1S/C11H5Cl2FN4/c12-5-1-2-6(8(14)3-5)9-7-4-15-18-10(7)17-11(13)16-9/h1-4H,(H,15,16,17,18). The van der Waals surface area contributed by atoms with E-state index in [1.54, 1.807) is 12.1 Å². The van der Waals surface area contributed by atoms with E-state index >= 15 is 0 Å². The molecule has 2 heterocycles. The van der Waals surface area contributed by atoms with E-state index in [0.29, 0.717) is 27.3 Å². The minimum Gasteiger partial charge on any atom is -0.261 e. The van der Waals surface area contributed by atoms with Gasteiger partial charge < -0.3 is 0 Å². The number of rotatable bonds is 1. The monoisotopic (exact) mass is 282 g/mol. The average molecular weight is 283 g/mol. The summed E-state index contributed by atoms with van der Waals surface area (Å²) in [5.74, 6) is -0.472. The highest BCUT2D eigenvalue weighted by Crippen LogP contribution is 2.29. The summed E-state index contributed by atoms with van der Waals surface area (Å²) in [5.41, 5.74) is 1.14. The lowest BCUT2D eigenvalue weighted by molar-refractivity contribution is 0.631. The molecule has 0 amide bonds. The first-order valence-corrected chi connectivity index (χ1v) is 5.73. The highest BCUT2D eigenvalue weighted by atomic mass is 35.5. The number of benzene rings is 1. The smallest absolute Gasteiger partial charge is 0.224 e. The first-order valence-electron chi connectivity index (χ1n) is 4.97. The molecule has 0 saturated carbocycles. The van der Waals surface area contributed by atoms with Gasteiger partial charge in [0, 0.05) is 10.6 Å². The van der Waals surface area contributed by atoms with Gasteiger partial charge in [-0.1, -0.05) is 11.6 Å². The van der Waals surface area contributed by atoms with Gasteiger partial charge in [-0.15, -0.1) is 0 Å². The maximum Gasteiger partial charge on any atom is 0.224 e. The highest BCUT2D eigenvalue weighted by molar-refractivity contribution is 6.30. The molecule has 0 fully saturated rings. The number of hydrogen-bond acceptors (Lipinski definition) is 3. The van der Waals surface area contributed by atoms with Crippen LogP contribution in [-0.4, -0.2) is 20.2 Å². The Hall–Kier alpha value is -1.72. The molecule has 7 heteroatoms. The van der Waals surface area contributed by atoms with E-state index in [0.717, 1.165) is 0 Å². The zero-order valence-electron chi connectivity index (χ0n) is 8.78. The van der Waals surface area contributed by atoms with E-state index in [1.165, 1.54) is 12.3 Å². The zero-order chi connectivity index (χ0) is 12.7. The van der Waals surface area contributed by atoms with Crippen LogP contribution in [0.25, 0.3) is 22.3 Å². The SMILES string of the molecule is Fc1cc(Cl)ccc1-c1nc(Cl)nc2[nH]ncc12. The van der Waals surface area contributed by atoms with Crippen LogP contribution in [0.1, 0.15) is 0 Å². The molecule has 3 rings (SSSR count). The lowest BCUT2D eigenvalue weighted by Crippen LogP contribution is -1.92. The van der Waals surface area contributed by atoms with Gasteiger partial charge >= 0.3 is 0 Å². The van der Waals surface area contributed by atoms with Crippen molar-refractivity contribution in [1.29, 1.82) is 0 Å². The molecule has 0 atom stereocenters. The van der Waals surface area contributed by atoms with E-state index in [9.17, 15) is 4.39 Å². The molecular formula is C11H5Cl2FN4. The van der Waals surface area contributed by atoms with Crippen molar-refractivity contribution in [1.82, 2.24) is 20.2 Å². The Balaban J connectivity index is 2.33. The molecule has 0 bridgehead atoms. The van der Waals surface area contributed by atoms with Gasteiger partial charge in [0.1, 0.15) is 5.82 Å². The molecule has 3 aromatic rings. The minimum atomic E-state index is -0.472. The highest BCUT2D eigenvalue weighted by Gasteiger charge is 2.14. The third kappa shape index (κ3) is 1.81. The van der Waals surface area contributed by atoms with Gasteiger partial charge in [0.05, 0.1) is 17.3 Å². The van der Waals surface area contributed by atoms with Crippen molar-refractivity contribution in [3.05, 3.63) is 40.5 Å². The zero-order valence-corrected chi connectivity index (χ0v) is 10.3. The molecule has 0 radical (unpaired) electrons. The van der Waals surface area contributed by atoms with Crippen molar-refractivity contribution in [3.63, 3.8) is 0 Å². The molecule has 18 heavy (non-hydrogen) atoms. The van der Waals surface area contributed by atoms with Crippen molar-refractivity contribution in [2.24, 2.45) is 0 Å². The average Bonchev–Trinajstić information content (AvgIpc) is 2.76. The lowest BCUT2D eigenvalue weighted by atomic mass is 10.1. The molecule has 0 saturated heterocycles. The predicted molar refractivity (Wildman–Crippen MR) is 67.1 cm³/mol. The summed E-state index contributed by atoms with van der Waals surface area (Å²) >= 11 is 11.5. The second kappa shape index (κ2) is 4.19. The Bertz CT molecular complexity index is 741. The number of fused-ring (bicyclic) bond motifs is 1. The number of halogens is 3. The number of aromatic amines is 1. The van der Waals surface area contributed by atoms with Gasteiger partial charge in [-0.05, 0) is 29.8 Å². The maximum atomic E-state index is 13.9. The second-order valence-electron chi connectivity index (χ2n) is 3.60. The van der Waals surface area contributed by atoms with E-state index < -0.39 is 5.82 Å². The second-order valence-corrected chi connectivity index (χ2v) is 4.37. The third-order valence-electron chi connectivity index (χ3n) is 2.47. The molecule has 0 spiro atoms. The number of hydrogen-bond donors (Lipinski definition) is 1. The van der Waals surface area contributed by atoms with Crippen LogP contribution in [0.2, 0.25) is 10.3 Å². The van der Waals surface area contributed by atoms with E-state index in [4.69, 9.17) is 23.2 Å². The lowest BCUT2D eigenvalue weighted by Gasteiger charge is -2.04. The van der Waals surface area contributed by atoms with Gasteiger partial charge in [-0.25, -0.2) is 9.37 Å². The van der Waals surface area contributed by atoms with Crippen LogP contribution < -0.4 is 0 Å². The molecule has 4 nitrogen and oxygen atoms in total. The van der Waals surface area contributed by atoms with Crippen molar-refractivity contribution < 1.29 is 4.39 Å². The van der Waals surface area contributed by atoms with Crippen molar-refractivity contribution in [2.45, 2.75) is 0 Å². The van der Waals surface area contributed by atoms with Gasteiger partial charge in [0.2, 0.25) is 5.28 Å². The van der Waals surface area contributed by atoms with Crippen molar-refractivity contribution in [3.8, 4) is 11.3 Å². The van der Waals surface area contributed by atoms with Crippen LogP contribution in [0.3, 0.4) is 0 Å². The summed E-state index contributed by atoms with van der Waals surface area (Å²) in [6.45, 7) is 0. The van der Waals surface area contributed by atoms with Gasteiger partial charge in [-0.2, -0.15) is 10.1 Å². The summed E-state index contributed by atoms with van der Waals surface area (Å²) in [5, 5.41) is 7.45. The van der Waals surface area contributed by atoms with Gasteiger partial charge in [0.25, 0.3) is 0 Å². The third-order valence-corrected chi connectivity index (χ3v) is 2.87. The predicted octanol–water partition coefficient (Wildman–Crippen LogP) is 3.47. The van der Waals surface area contributed by atoms with Crippen LogP contribution >= 0.6 is 23.2 Å². The summed E-state index contributed by atoms with van der Waals surface area (Å²) in [7, 11) is 0. The van der Waals surface area contributed by atoms with Crippen LogP contribution in [-0.2, 0) is 0 Å². The van der Waals surface area contributed by atoms with Crippen LogP contribution in [0.5, 0.6) is 0 Å². The number of nitrogens with zero attached hydrogens (tertiary/aromatic N) is 3. The molecule has 0 unspecified atom stereocenters. The van der Waals surface area contributed by atoms with E-state index in [1.807, 2.05) is 0 Å². The van der Waals surface area contributed by atoms with Crippen molar-refractivity contribution >= 4 is 34.2 Å². The Labute approximate surface area is 111 Å². The molecule has 1 aromatic carbocycles. The summed E-state index contributed by atoms with van der Waals surface area (Å²) in [4.78, 5) is 8.00. The summed E-state index contributed by atoms with van der Waals surface area (Å²) in [6, 6.07) is 4.35. The molecular weight excluding hydrogens is 278 g/mol. The fourth-order valence-electron chi connectivity index (χ4n) is 1.69. The molecule has 2 aromatic heterocycles. The maximum absolute atomic E-state index is 13.9. The van der Waals surface area contributed by atoms with E-state index in [2.05, 4.69) is 20.2 Å². The largest absolute Gasteiger partial charge is 0.261 e. The normalized spacial score (nSPS) is 11.1. The Morgan fingerprint density at radius 3 is 2.78 bits per heavy atom. The van der Waals surface area contributed by atoms with Gasteiger partial charge in [-0.3, -0.25) is 5.10 Å². The number of aromatic nitrogens is 4. The van der Waals surface area contributed by atoms with Crippen LogP contribution in [0, 0.1) is 5.82 Å². The Morgan fingerprint density at radius 2 is 2.00 bits per heavy atom. The number of nitrogens with one attached hydrogen (secondary N) is 1. The molecule has 0 aliphatic rings. The quantitative estimate of drug-likeness (QED) is 0.696. The molecule has 0 aliphatic heterocycles. The molecule has 90 valence electrons. The summed E-state index contributed by atoms with van der Waals surface area (Å²) < 4.78 is 13.9.